The molecule has 0 radical (unpaired) electrons. The Hall–Kier alpha value is -2.40. The maximum absolute atomic E-state index is 4.96. The Labute approximate surface area is 164 Å². The van der Waals surface area contributed by atoms with E-state index in [4.69, 9.17) is 10.1 Å². The van der Waals surface area contributed by atoms with Gasteiger partial charge in [0.05, 0.1) is 26.8 Å². The zero-order chi connectivity index (χ0) is 19.1. The Morgan fingerprint density at radius 1 is 1.15 bits per heavy atom. The molecule has 5 heteroatoms. The molecule has 4 heterocycles. The summed E-state index contributed by atoms with van der Waals surface area (Å²) >= 11 is 1.80. The van der Waals surface area contributed by atoms with Crippen LogP contribution in [-0.2, 0) is 0 Å². The fraction of sp³-hybridized carbons (Fsp3) is 0.364. The highest BCUT2D eigenvalue weighted by Crippen LogP contribution is 2.39. The maximum Gasteiger partial charge on any atom is 0.158 e. The van der Waals surface area contributed by atoms with Crippen LogP contribution in [0.2, 0.25) is 0 Å². The van der Waals surface area contributed by atoms with Crippen molar-refractivity contribution in [3.63, 3.8) is 0 Å². The molecule has 4 aromatic rings. The number of nitrogens with one attached hydrogen (secondary N) is 1. The first kappa shape index (κ1) is 18.0. The molecule has 0 atom stereocenters. The summed E-state index contributed by atoms with van der Waals surface area (Å²) in [5, 5.41) is 4.85. The molecule has 0 aliphatic heterocycles. The fourth-order valence-corrected chi connectivity index (χ4v) is 5.14. The summed E-state index contributed by atoms with van der Waals surface area (Å²) in [5.74, 6) is 0.516. The van der Waals surface area contributed by atoms with Gasteiger partial charge in [0, 0.05) is 11.8 Å². The fourth-order valence-electron chi connectivity index (χ4n) is 3.90. The number of nitrogens with zero attached hydrogens (tertiary/aromatic N) is 3. The van der Waals surface area contributed by atoms with Gasteiger partial charge in [-0.3, -0.25) is 0 Å². The third-order valence-electron chi connectivity index (χ3n) is 5.33. The molecule has 0 spiro atoms. The Morgan fingerprint density at radius 3 is 2.59 bits per heavy atom. The lowest BCUT2D eigenvalue weighted by molar-refractivity contribution is 0.638. The minimum Gasteiger partial charge on any atom is -0.361 e. The van der Waals surface area contributed by atoms with Crippen molar-refractivity contribution in [2.75, 3.05) is 0 Å². The highest BCUT2D eigenvalue weighted by Gasteiger charge is 2.22. The number of hydrogen-bond acceptors (Lipinski definition) is 3. The van der Waals surface area contributed by atoms with Crippen molar-refractivity contribution in [1.82, 2.24) is 19.6 Å². The molecular weight excluding hydrogens is 352 g/mol. The Morgan fingerprint density at radius 2 is 1.93 bits per heavy atom. The first-order valence-corrected chi connectivity index (χ1v) is 10.5. The first-order valence-electron chi connectivity index (χ1n) is 9.64. The topological polar surface area (TPSA) is 46.0 Å². The van der Waals surface area contributed by atoms with E-state index in [2.05, 4.69) is 62.3 Å². The number of H-pyrrole nitrogens is 1. The molecule has 140 valence electrons. The van der Waals surface area contributed by atoms with Gasteiger partial charge in [0.25, 0.3) is 0 Å². The number of thiophene rings is 1. The molecule has 1 N–H and O–H groups in total. The highest BCUT2D eigenvalue weighted by molar-refractivity contribution is 7.19. The Balaban J connectivity index is 1.95. The predicted octanol–water partition coefficient (Wildman–Crippen LogP) is 6.28. The second-order valence-electron chi connectivity index (χ2n) is 7.24. The van der Waals surface area contributed by atoms with Crippen molar-refractivity contribution in [2.45, 2.75) is 53.4 Å². The second-order valence-corrected chi connectivity index (χ2v) is 8.29. The molecule has 0 fully saturated rings. The van der Waals surface area contributed by atoms with E-state index in [1.54, 1.807) is 11.3 Å². The highest BCUT2D eigenvalue weighted by atomic mass is 32.1. The van der Waals surface area contributed by atoms with E-state index in [1.165, 1.54) is 20.9 Å². The van der Waals surface area contributed by atoms with Crippen molar-refractivity contribution < 1.29 is 0 Å². The molecular formula is C22H26N4S. The van der Waals surface area contributed by atoms with Crippen molar-refractivity contribution in [2.24, 2.45) is 0 Å². The van der Waals surface area contributed by atoms with Crippen LogP contribution in [0, 0.1) is 20.8 Å². The van der Waals surface area contributed by atoms with E-state index < -0.39 is 0 Å². The van der Waals surface area contributed by atoms with Gasteiger partial charge >= 0.3 is 0 Å². The number of rotatable bonds is 5. The molecule has 4 rings (SSSR count). The summed E-state index contributed by atoms with van der Waals surface area (Å²) in [6.45, 7) is 10.9. The van der Waals surface area contributed by atoms with Crippen LogP contribution in [-0.4, -0.2) is 19.6 Å². The van der Waals surface area contributed by atoms with Crippen molar-refractivity contribution in [1.29, 1.82) is 0 Å². The van der Waals surface area contributed by atoms with Gasteiger partial charge in [-0.1, -0.05) is 13.8 Å². The summed E-state index contributed by atoms with van der Waals surface area (Å²) in [7, 11) is 0. The molecule has 27 heavy (non-hydrogen) atoms. The van der Waals surface area contributed by atoms with Gasteiger partial charge in [0.1, 0.15) is 5.69 Å². The van der Waals surface area contributed by atoms with Crippen LogP contribution in [0.3, 0.4) is 0 Å². The number of aromatic nitrogens is 4. The van der Waals surface area contributed by atoms with Crippen LogP contribution in [0.25, 0.3) is 26.8 Å². The number of fused-ring (bicyclic) bond motifs is 1. The molecule has 4 nitrogen and oxygen atoms in total. The minimum absolute atomic E-state index is 0.516. The van der Waals surface area contributed by atoms with Crippen molar-refractivity contribution in [3.05, 3.63) is 53.0 Å². The third kappa shape index (κ3) is 3.00. The van der Waals surface area contributed by atoms with Gasteiger partial charge in [0.2, 0.25) is 0 Å². The molecule has 0 saturated heterocycles. The molecule has 0 aliphatic rings. The van der Waals surface area contributed by atoms with Gasteiger partial charge < -0.3 is 4.98 Å². The van der Waals surface area contributed by atoms with Crippen molar-refractivity contribution >= 4 is 17.0 Å². The molecule has 4 aromatic heterocycles. The number of hydrogen-bond donors (Lipinski definition) is 1. The van der Waals surface area contributed by atoms with Crippen LogP contribution in [0.4, 0.5) is 0 Å². The zero-order valence-electron chi connectivity index (χ0n) is 16.6. The summed E-state index contributed by atoms with van der Waals surface area (Å²) in [6.07, 6.45) is 4.20. The van der Waals surface area contributed by atoms with Gasteiger partial charge in [-0.05, 0) is 69.4 Å². The second kappa shape index (κ2) is 6.97. The first-order chi connectivity index (χ1) is 13.0. The minimum atomic E-state index is 0.516. The summed E-state index contributed by atoms with van der Waals surface area (Å²) < 4.78 is 2.08. The van der Waals surface area contributed by atoms with E-state index in [9.17, 15) is 0 Å². The van der Waals surface area contributed by atoms with Gasteiger partial charge in [-0.15, -0.1) is 11.3 Å². The quantitative estimate of drug-likeness (QED) is 0.444. The normalized spacial score (nSPS) is 11.8. The molecule has 0 aliphatic carbocycles. The average molecular weight is 379 g/mol. The lowest BCUT2D eigenvalue weighted by Crippen LogP contribution is -2.05. The summed E-state index contributed by atoms with van der Waals surface area (Å²) in [5.41, 5.74) is 7.97. The van der Waals surface area contributed by atoms with E-state index in [-0.39, 0.29) is 0 Å². The average Bonchev–Trinajstić information content (AvgIpc) is 3.35. The van der Waals surface area contributed by atoms with Crippen LogP contribution >= 0.6 is 11.3 Å². The van der Waals surface area contributed by atoms with E-state index in [0.717, 1.165) is 41.3 Å². The number of aromatic amines is 1. The summed E-state index contributed by atoms with van der Waals surface area (Å²) in [4.78, 5) is 10.8. The number of aryl methyl sites for hydroxylation is 3. The van der Waals surface area contributed by atoms with Crippen LogP contribution in [0.15, 0.2) is 30.5 Å². The van der Waals surface area contributed by atoms with Gasteiger partial charge in [-0.25, -0.2) is 9.50 Å². The monoisotopic (exact) mass is 378 g/mol. The van der Waals surface area contributed by atoms with Crippen LogP contribution in [0.1, 0.15) is 55.1 Å². The molecule has 0 amide bonds. The predicted molar refractivity (Wildman–Crippen MR) is 114 cm³/mol. The van der Waals surface area contributed by atoms with E-state index in [1.807, 2.05) is 12.3 Å². The van der Waals surface area contributed by atoms with Crippen LogP contribution < -0.4 is 0 Å². The smallest absolute Gasteiger partial charge is 0.158 e. The largest absolute Gasteiger partial charge is 0.361 e. The SMILES string of the molecule is CCC(CC)c1cc(C)nn2c(-c3sc(-c4ccc[nH]4)cc3C)c(C)nc12. The van der Waals surface area contributed by atoms with Crippen molar-refractivity contribution in [3.8, 4) is 21.1 Å². The van der Waals surface area contributed by atoms with Gasteiger partial charge in [-0.2, -0.15) is 5.10 Å². The molecule has 0 unspecified atom stereocenters. The number of imidazole rings is 1. The maximum atomic E-state index is 4.96. The van der Waals surface area contributed by atoms with Gasteiger partial charge in [0.15, 0.2) is 5.65 Å². The molecule has 0 aromatic carbocycles. The lowest BCUT2D eigenvalue weighted by Gasteiger charge is -2.14. The molecule has 0 saturated carbocycles. The Bertz CT molecular complexity index is 1080. The zero-order valence-corrected chi connectivity index (χ0v) is 17.4. The molecule has 0 bridgehead atoms. The van der Waals surface area contributed by atoms with E-state index in [0.29, 0.717) is 5.92 Å². The van der Waals surface area contributed by atoms with E-state index >= 15 is 0 Å². The standard InChI is InChI=1S/C22H26N4S/c1-6-16(7-2)17-12-14(4)25-26-20(15(5)24-22(17)26)21-13(3)11-19(27-21)18-9-8-10-23-18/h8-12,16,23H,6-7H2,1-5H3. The third-order valence-corrected chi connectivity index (χ3v) is 6.61. The van der Waals surface area contributed by atoms with Crippen LogP contribution in [0.5, 0.6) is 0 Å². The lowest BCUT2D eigenvalue weighted by atomic mass is 9.95. The summed E-state index contributed by atoms with van der Waals surface area (Å²) in [6, 6.07) is 8.62. The Kier molecular flexibility index (Phi) is 4.64.